The van der Waals surface area contributed by atoms with Crippen LogP contribution < -0.4 is 0 Å². The van der Waals surface area contributed by atoms with E-state index >= 15 is 0 Å². The number of aliphatic hydroxyl groups excluding tert-OH is 4. The van der Waals surface area contributed by atoms with Gasteiger partial charge < -0.3 is 39.4 Å². The second-order valence-corrected chi connectivity index (χ2v) is 12.0. The van der Waals surface area contributed by atoms with Crippen LogP contribution in [0.3, 0.4) is 0 Å². The van der Waals surface area contributed by atoms with Crippen molar-refractivity contribution in [3.8, 4) is 0 Å². The molecule has 0 radical (unpaired) electrons. The number of hydrogen-bond acceptors (Lipinski definition) is 10. The van der Waals surface area contributed by atoms with Crippen molar-refractivity contribution in [2.45, 2.75) is 173 Å². The first-order chi connectivity index (χ1) is 21.3. The fourth-order valence-electron chi connectivity index (χ4n) is 5.06. The molecule has 4 N–H and O–H groups in total. The number of ether oxygens (including phenoxy) is 4. The van der Waals surface area contributed by atoms with Crippen molar-refractivity contribution in [1.82, 2.24) is 0 Å². The Bertz CT molecular complexity index is 744. The number of carbonyl (C=O) groups excluding carboxylic acids is 2. The highest BCUT2D eigenvalue weighted by Crippen LogP contribution is 2.22. The standard InChI is InChI=1S/C34H62O10/c1-3-5-7-9-10-11-12-13-14-15-16-17-18-19-21-23-30(37)43-27(25-41-29(36)22-20-8-6-4-2)26-42-34-33(40)32(39)31(38)28(24-35)44-34/h13-14,27-28,31-35,38-40H,3-12,15-26H2,1-2H3/b14-13-. The van der Waals surface area contributed by atoms with Crippen LogP contribution in [-0.2, 0) is 28.5 Å². The zero-order valence-corrected chi connectivity index (χ0v) is 27.4. The van der Waals surface area contributed by atoms with Gasteiger partial charge in [-0.2, -0.15) is 0 Å². The monoisotopic (exact) mass is 630 g/mol. The molecule has 0 saturated carbocycles. The maximum atomic E-state index is 12.6. The van der Waals surface area contributed by atoms with Crippen LogP contribution in [0, 0.1) is 0 Å². The predicted molar refractivity (Wildman–Crippen MR) is 169 cm³/mol. The summed E-state index contributed by atoms with van der Waals surface area (Å²) in [4.78, 5) is 24.8. The van der Waals surface area contributed by atoms with Gasteiger partial charge in [-0.15, -0.1) is 0 Å². The van der Waals surface area contributed by atoms with Crippen molar-refractivity contribution in [2.75, 3.05) is 19.8 Å². The largest absolute Gasteiger partial charge is 0.462 e. The molecule has 1 aliphatic heterocycles. The Kier molecular flexibility index (Phi) is 24.5. The lowest BCUT2D eigenvalue weighted by Crippen LogP contribution is -2.59. The first kappa shape index (κ1) is 40.5. The van der Waals surface area contributed by atoms with E-state index in [1.54, 1.807) is 0 Å². The van der Waals surface area contributed by atoms with Gasteiger partial charge in [-0.3, -0.25) is 9.59 Å². The van der Waals surface area contributed by atoms with E-state index < -0.39 is 55.4 Å². The topological polar surface area (TPSA) is 152 Å². The minimum Gasteiger partial charge on any atom is -0.462 e. The second kappa shape index (κ2) is 26.6. The van der Waals surface area contributed by atoms with Crippen LogP contribution in [0.5, 0.6) is 0 Å². The number of rotatable bonds is 27. The number of unbranched alkanes of at least 4 members (excludes halogenated alkanes) is 14. The van der Waals surface area contributed by atoms with Crippen LogP contribution in [0.4, 0.5) is 0 Å². The summed E-state index contributed by atoms with van der Waals surface area (Å²) in [6.07, 6.45) is 15.8. The molecule has 1 aliphatic rings. The molecular formula is C34H62O10. The quantitative estimate of drug-likeness (QED) is 0.0537. The summed E-state index contributed by atoms with van der Waals surface area (Å²) in [7, 11) is 0. The molecule has 44 heavy (non-hydrogen) atoms. The average molecular weight is 631 g/mol. The van der Waals surface area contributed by atoms with Crippen molar-refractivity contribution < 1.29 is 49.0 Å². The number of aliphatic hydroxyl groups is 4. The Morgan fingerprint density at radius 1 is 0.682 bits per heavy atom. The van der Waals surface area contributed by atoms with E-state index in [0.29, 0.717) is 12.8 Å². The third-order valence-corrected chi connectivity index (χ3v) is 7.90. The Morgan fingerprint density at radius 3 is 1.80 bits per heavy atom. The Morgan fingerprint density at radius 2 is 1.20 bits per heavy atom. The normalized spacial score (nSPS) is 22.7. The van der Waals surface area contributed by atoms with Crippen LogP contribution in [-0.4, -0.2) is 89.0 Å². The molecule has 0 aromatic heterocycles. The smallest absolute Gasteiger partial charge is 0.306 e. The molecule has 0 aromatic carbocycles. The minimum atomic E-state index is -1.59. The molecule has 1 saturated heterocycles. The Balaban J connectivity index is 2.37. The summed E-state index contributed by atoms with van der Waals surface area (Å²) in [5, 5.41) is 39.6. The van der Waals surface area contributed by atoms with Gasteiger partial charge in [0.25, 0.3) is 0 Å². The summed E-state index contributed by atoms with van der Waals surface area (Å²) < 4.78 is 21.8. The highest BCUT2D eigenvalue weighted by atomic mass is 16.7. The zero-order chi connectivity index (χ0) is 32.4. The van der Waals surface area contributed by atoms with Crippen molar-refractivity contribution in [1.29, 1.82) is 0 Å². The first-order valence-electron chi connectivity index (χ1n) is 17.3. The van der Waals surface area contributed by atoms with Crippen molar-refractivity contribution >= 4 is 11.9 Å². The van der Waals surface area contributed by atoms with Crippen LogP contribution in [0.25, 0.3) is 0 Å². The highest BCUT2D eigenvalue weighted by Gasteiger charge is 2.44. The second-order valence-electron chi connectivity index (χ2n) is 12.0. The average Bonchev–Trinajstić information content (AvgIpc) is 3.02. The van der Waals surface area contributed by atoms with Gasteiger partial charge in [0.15, 0.2) is 12.4 Å². The zero-order valence-electron chi connectivity index (χ0n) is 27.4. The summed E-state index contributed by atoms with van der Waals surface area (Å²) in [5.74, 6) is -0.837. The molecule has 1 rings (SSSR count). The number of hydrogen-bond donors (Lipinski definition) is 4. The van der Waals surface area contributed by atoms with Crippen LogP contribution >= 0.6 is 0 Å². The van der Waals surface area contributed by atoms with Crippen molar-refractivity contribution in [2.24, 2.45) is 0 Å². The molecule has 1 fully saturated rings. The van der Waals surface area contributed by atoms with Crippen molar-refractivity contribution in [3.63, 3.8) is 0 Å². The fraction of sp³-hybridized carbons (Fsp3) is 0.882. The fourth-order valence-corrected chi connectivity index (χ4v) is 5.06. The Hall–Kier alpha value is -1.56. The molecule has 0 aliphatic carbocycles. The molecule has 10 heteroatoms. The molecule has 1 heterocycles. The van der Waals surface area contributed by atoms with Gasteiger partial charge in [0.05, 0.1) is 13.2 Å². The van der Waals surface area contributed by atoms with Gasteiger partial charge in [0.1, 0.15) is 31.0 Å². The predicted octanol–water partition coefficient (Wildman–Crippen LogP) is 5.27. The highest BCUT2D eigenvalue weighted by molar-refractivity contribution is 5.70. The van der Waals surface area contributed by atoms with Crippen LogP contribution in [0.2, 0.25) is 0 Å². The lowest BCUT2D eigenvalue weighted by molar-refractivity contribution is -0.305. The Labute approximate surface area is 265 Å². The van der Waals surface area contributed by atoms with Gasteiger partial charge in [-0.1, -0.05) is 96.6 Å². The molecule has 0 spiro atoms. The maximum absolute atomic E-state index is 12.6. The molecule has 258 valence electrons. The lowest BCUT2D eigenvalue weighted by Gasteiger charge is -2.39. The van der Waals surface area contributed by atoms with Gasteiger partial charge in [0.2, 0.25) is 0 Å². The van der Waals surface area contributed by atoms with Gasteiger partial charge in [-0.25, -0.2) is 0 Å². The van der Waals surface area contributed by atoms with Crippen LogP contribution in [0.1, 0.15) is 136 Å². The van der Waals surface area contributed by atoms with Gasteiger partial charge in [0, 0.05) is 12.8 Å². The molecule has 6 unspecified atom stereocenters. The first-order valence-corrected chi connectivity index (χ1v) is 17.3. The van der Waals surface area contributed by atoms with E-state index in [1.165, 1.54) is 44.9 Å². The molecule has 10 nitrogen and oxygen atoms in total. The van der Waals surface area contributed by atoms with Gasteiger partial charge >= 0.3 is 11.9 Å². The molecule has 0 aromatic rings. The van der Waals surface area contributed by atoms with E-state index in [4.69, 9.17) is 18.9 Å². The van der Waals surface area contributed by atoms with Crippen molar-refractivity contribution in [3.05, 3.63) is 12.2 Å². The minimum absolute atomic E-state index is 0.220. The van der Waals surface area contributed by atoms with E-state index in [2.05, 4.69) is 26.0 Å². The SMILES string of the molecule is CCCCCCCC/C=C\CCCCCCCC(=O)OC(COC(=O)CCCCCC)COC1OC(CO)C(O)C(O)C1O. The van der Waals surface area contributed by atoms with E-state index in [0.717, 1.165) is 51.4 Å². The molecule has 6 atom stereocenters. The number of allylic oxidation sites excluding steroid dienone is 2. The molecular weight excluding hydrogens is 568 g/mol. The molecule has 0 bridgehead atoms. The molecule has 0 amide bonds. The summed E-state index contributed by atoms with van der Waals surface area (Å²) in [6.45, 7) is 3.24. The lowest BCUT2D eigenvalue weighted by atomic mass is 9.99. The van der Waals surface area contributed by atoms with Gasteiger partial charge in [-0.05, 0) is 38.5 Å². The van der Waals surface area contributed by atoms with E-state index in [9.17, 15) is 30.0 Å². The van der Waals surface area contributed by atoms with E-state index in [-0.39, 0.29) is 26.1 Å². The maximum Gasteiger partial charge on any atom is 0.306 e. The number of carbonyl (C=O) groups is 2. The summed E-state index contributed by atoms with van der Waals surface area (Å²) in [6, 6.07) is 0. The third-order valence-electron chi connectivity index (χ3n) is 7.90. The summed E-state index contributed by atoms with van der Waals surface area (Å²) in [5.41, 5.74) is 0. The van der Waals surface area contributed by atoms with E-state index in [1.807, 2.05) is 0 Å². The summed E-state index contributed by atoms with van der Waals surface area (Å²) >= 11 is 0. The third kappa shape index (κ3) is 19.1. The van der Waals surface area contributed by atoms with Crippen LogP contribution in [0.15, 0.2) is 12.2 Å². The number of esters is 2.